The first-order valence-corrected chi connectivity index (χ1v) is 23.7. The molecule has 54 heavy (non-hydrogen) atoms. The number of benzene rings is 1. The van der Waals surface area contributed by atoms with E-state index >= 15 is 0 Å². The van der Waals surface area contributed by atoms with Gasteiger partial charge in [-0.25, -0.2) is 9.78 Å². The van der Waals surface area contributed by atoms with E-state index in [2.05, 4.69) is 54.3 Å². The molecule has 1 N–H and O–H groups in total. The van der Waals surface area contributed by atoms with Gasteiger partial charge in [0, 0.05) is 63.2 Å². The number of imidazole rings is 1. The molecule has 1 aliphatic heterocycles. The number of aryl methyl sites for hydroxylation is 1. The van der Waals surface area contributed by atoms with Gasteiger partial charge in [-0.05, 0) is 95.0 Å². The number of ketones is 1. The van der Waals surface area contributed by atoms with Gasteiger partial charge in [0.15, 0.2) is 0 Å². The summed E-state index contributed by atoms with van der Waals surface area (Å²) in [5.74, 6) is 0.984. The number of amides is 2. The van der Waals surface area contributed by atoms with Crippen LogP contribution >= 0.6 is 0 Å². The summed E-state index contributed by atoms with van der Waals surface area (Å²) in [5, 5.41) is 4.48. The maximum Gasteiger partial charge on any atom is 0.410 e. The Kier molecular flexibility index (Phi) is 13.3. The second-order valence-electron chi connectivity index (χ2n) is 17.7. The fraction of sp³-hybridized carbons (Fsp3) is 0.605. The first kappa shape index (κ1) is 41.3. The lowest BCUT2D eigenvalue weighted by molar-refractivity contribution is -0.124. The molecule has 1 aromatic carbocycles. The van der Waals surface area contributed by atoms with Crippen molar-refractivity contribution in [3.8, 4) is 11.3 Å². The molecule has 0 bridgehead atoms. The maximum atomic E-state index is 14.2. The molecule has 10 nitrogen and oxygen atoms in total. The van der Waals surface area contributed by atoms with Crippen LogP contribution in [0.4, 0.5) is 4.79 Å². The molecule has 1 spiro atoms. The number of fused-ring (bicyclic) bond motifs is 1. The van der Waals surface area contributed by atoms with Crippen molar-refractivity contribution in [1.29, 1.82) is 0 Å². The number of carbonyl (C=O) groups is 3. The molecule has 294 valence electrons. The Hall–Kier alpha value is -3.83. The molecule has 2 aromatic heterocycles. The Morgan fingerprint density at radius 3 is 2.52 bits per heavy atom. The van der Waals surface area contributed by atoms with Gasteiger partial charge in [0.05, 0.1) is 23.4 Å². The number of nitrogens with zero attached hydrogens (tertiary/aromatic N) is 4. The second-order valence-corrected chi connectivity index (χ2v) is 23.3. The largest absolute Gasteiger partial charge is 0.444 e. The van der Waals surface area contributed by atoms with Crippen LogP contribution in [0, 0.1) is 18.3 Å². The van der Waals surface area contributed by atoms with Gasteiger partial charge in [0.25, 0.3) is 0 Å². The molecule has 1 saturated carbocycles. The van der Waals surface area contributed by atoms with Crippen molar-refractivity contribution >= 4 is 42.8 Å². The molecule has 0 unspecified atom stereocenters. The van der Waals surface area contributed by atoms with E-state index in [1.165, 1.54) is 0 Å². The third-order valence-corrected chi connectivity index (χ3v) is 12.7. The number of carbonyl (C=O) groups excluding carboxylic acids is 3. The van der Waals surface area contributed by atoms with Crippen LogP contribution in [-0.2, 0) is 25.8 Å². The highest BCUT2D eigenvalue weighted by molar-refractivity contribution is 6.76. The van der Waals surface area contributed by atoms with Crippen LogP contribution in [0.3, 0.4) is 0 Å². The van der Waals surface area contributed by atoms with Crippen LogP contribution in [0.25, 0.3) is 28.2 Å². The van der Waals surface area contributed by atoms with Crippen molar-refractivity contribution in [2.75, 3.05) is 19.7 Å². The minimum absolute atomic E-state index is 0.0431. The Balaban J connectivity index is 1.41. The summed E-state index contributed by atoms with van der Waals surface area (Å²) in [7, 11) is -1.33. The van der Waals surface area contributed by atoms with Crippen molar-refractivity contribution in [2.24, 2.45) is 11.3 Å². The van der Waals surface area contributed by atoms with Crippen LogP contribution < -0.4 is 5.32 Å². The number of nitrogens with one attached hydrogen (secondary N) is 1. The summed E-state index contributed by atoms with van der Waals surface area (Å²) in [5.41, 5.74) is 4.07. The molecule has 3 heterocycles. The van der Waals surface area contributed by atoms with Crippen molar-refractivity contribution in [2.45, 2.75) is 136 Å². The van der Waals surface area contributed by atoms with Gasteiger partial charge in [0.1, 0.15) is 23.9 Å². The molecule has 2 amide bonds. The quantitative estimate of drug-likeness (QED) is 0.108. The van der Waals surface area contributed by atoms with Crippen LogP contribution in [-0.4, -0.2) is 70.6 Å². The lowest BCUT2D eigenvalue weighted by atomic mass is 9.90. The number of rotatable bonds is 17. The third kappa shape index (κ3) is 10.7. The highest BCUT2D eigenvalue weighted by Crippen LogP contribution is 2.59. The number of hydrogen-bond acceptors (Lipinski definition) is 7. The number of ether oxygens (including phenoxy) is 2. The SMILES string of the molecule is C=Cc1cc2nc(C)ccc2cc1-c1cnc([C@H](CCCCCC(=O)CC)NC(=O)[C@H]2CC23CCN(C(=O)OC(C)(C)C)CC3)n1COCC[Si](C)(C)C. The van der Waals surface area contributed by atoms with Crippen molar-refractivity contribution < 1.29 is 23.9 Å². The maximum absolute atomic E-state index is 14.2. The van der Waals surface area contributed by atoms with Crippen LogP contribution in [0.1, 0.15) is 109 Å². The molecule has 2 atom stereocenters. The van der Waals surface area contributed by atoms with Crippen LogP contribution in [0.2, 0.25) is 25.7 Å². The average Bonchev–Trinajstić information content (AvgIpc) is 3.64. The fourth-order valence-corrected chi connectivity index (χ4v) is 8.28. The van der Waals surface area contributed by atoms with Crippen LogP contribution in [0.15, 0.2) is 37.0 Å². The number of likely N-dealkylation sites (tertiary alicyclic amines) is 1. The Labute approximate surface area is 323 Å². The molecule has 0 radical (unpaired) electrons. The first-order chi connectivity index (χ1) is 25.5. The highest BCUT2D eigenvalue weighted by Gasteiger charge is 2.59. The van der Waals surface area contributed by atoms with Crippen LogP contribution in [0.5, 0.6) is 0 Å². The second kappa shape index (κ2) is 17.3. The van der Waals surface area contributed by atoms with E-state index in [1.54, 1.807) is 4.90 Å². The van der Waals surface area contributed by atoms with E-state index < -0.39 is 13.7 Å². The number of pyridine rings is 1. The number of piperidine rings is 1. The molecule has 5 rings (SSSR count). The van der Waals surface area contributed by atoms with Crippen molar-refractivity contribution in [3.05, 3.63) is 54.1 Å². The van der Waals surface area contributed by atoms with Gasteiger partial charge in [-0.1, -0.05) is 58.1 Å². The fourth-order valence-electron chi connectivity index (χ4n) is 7.53. The summed E-state index contributed by atoms with van der Waals surface area (Å²) in [6.45, 7) is 22.9. The van der Waals surface area contributed by atoms with E-state index in [1.807, 2.05) is 53.0 Å². The lowest BCUT2D eigenvalue weighted by Crippen LogP contribution is -2.43. The van der Waals surface area contributed by atoms with E-state index in [9.17, 15) is 14.4 Å². The smallest absolute Gasteiger partial charge is 0.410 e. The first-order valence-electron chi connectivity index (χ1n) is 20.0. The van der Waals surface area contributed by atoms with E-state index in [0.717, 1.165) is 83.8 Å². The number of hydrogen-bond donors (Lipinski definition) is 1. The molecule has 2 aliphatic rings. The van der Waals surface area contributed by atoms with Gasteiger partial charge in [0.2, 0.25) is 5.91 Å². The Morgan fingerprint density at radius 1 is 1.11 bits per heavy atom. The highest BCUT2D eigenvalue weighted by atomic mass is 28.3. The van der Waals surface area contributed by atoms with Gasteiger partial charge in [-0.15, -0.1) is 0 Å². The Bertz CT molecular complexity index is 1810. The predicted molar refractivity (Wildman–Crippen MR) is 219 cm³/mol. The molecule has 11 heteroatoms. The summed E-state index contributed by atoms with van der Waals surface area (Å²) < 4.78 is 14.2. The zero-order valence-corrected chi connectivity index (χ0v) is 35.1. The molecule has 2 fully saturated rings. The van der Waals surface area contributed by atoms with E-state index in [4.69, 9.17) is 19.4 Å². The third-order valence-electron chi connectivity index (χ3n) is 11.0. The number of aromatic nitrogens is 3. The van der Waals surface area contributed by atoms with Gasteiger partial charge >= 0.3 is 6.09 Å². The summed E-state index contributed by atoms with van der Waals surface area (Å²) >= 11 is 0. The topological polar surface area (TPSA) is 116 Å². The van der Waals surface area contributed by atoms with Crippen molar-refractivity contribution in [3.63, 3.8) is 0 Å². The molecule has 3 aromatic rings. The minimum atomic E-state index is -1.33. The minimum Gasteiger partial charge on any atom is -0.444 e. The zero-order chi connectivity index (χ0) is 39.3. The molecule has 1 saturated heterocycles. The molecule has 1 aliphatic carbocycles. The molecular weight excluding hydrogens is 695 g/mol. The monoisotopic (exact) mass is 757 g/mol. The summed E-state index contributed by atoms with van der Waals surface area (Å²) in [6, 6.07) is 9.03. The standard InChI is InChI=1S/C43H63N5O5Si/c1-10-31-26-37-32(18-17-30(3)45-37)25-34(31)38-28-44-39(48(38)29-52-23-24-54(7,8)9)36(16-14-12-13-15-33(49)11-2)46-40(50)35-27-43(35)19-21-47(22-20-43)41(51)53-42(4,5)6/h10,17-18,25-26,28,35-36H,1,11-16,19-24,27,29H2,2-9H3,(H,46,50)/t35-,36+/m1/s1. The van der Waals surface area contributed by atoms with E-state index in [-0.39, 0.29) is 35.2 Å². The summed E-state index contributed by atoms with van der Waals surface area (Å²) in [6.07, 6.45) is 10.3. The lowest BCUT2D eigenvalue weighted by Gasteiger charge is -2.34. The average molecular weight is 758 g/mol. The zero-order valence-electron chi connectivity index (χ0n) is 34.1. The van der Waals surface area contributed by atoms with Gasteiger partial charge in [-0.2, -0.15) is 0 Å². The van der Waals surface area contributed by atoms with E-state index in [0.29, 0.717) is 45.7 Å². The molecular formula is C43H63N5O5Si. The Morgan fingerprint density at radius 2 is 1.85 bits per heavy atom. The van der Waals surface area contributed by atoms with Gasteiger partial charge < -0.3 is 24.3 Å². The van der Waals surface area contributed by atoms with Gasteiger partial charge in [-0.3, -0.25) is 14.6 Å². The number of unbranched alkanes of at least 4 members (excludes halogenated alkanes) is 2. The number of Topliss-reactive ketones (excluding diaryl/α,β-unsaturated/α-hetero) is 1. The normalized spacial score (nSPS) is 17.4. The predicted octanol–water partition coefficient (Wildman–Crippen LogP) is 9.49. The van der Waals surface area contributed by atoms with Crippen molar-refractivity contribution in [1.82, 2.24) is 24.8 Å². The summed E-state index contributed by atoms with van der Waals surface area (Å²) in [4.78, 5) is 50.5.